The Hall–Kier alpha value is -5.18. The lowest BCUT2D eigenvalue weighted by molar-refractivity contribution is -0.141. The molecule has 2 fully saturated rings. The number of oxazole rings is 1. The van der Waals surface area contributed by atoms with Crippen LogP contribution in [0.3, 0.4) is 0 Å². The van der Waals surface area contributed by atoms with Crippen LogP contribution >= 0.6 is 0 Å². The number of anilines is 4. The zero-order valence-corrected chi connectivity index (χ0v) is 25.8. The molecule has 4 N–H and O–H groups in total. The molecular weight excluding hydrogens is 632 g/mol. The van der Waals surface area contributed by atoms with Gasteiger partial charge in [0.05, 0.1) is 17.6 Å². The Morgan fingerprint density at radius 1 is 0.896 bits per heavy atom. The highest BCUT2D eigenvalue weighted by Crippen LogP contribution is 2.34. The molecule has 4 aromatic rings. The molecule has 15 heteroatoms. The second-order valence-corrected chi connectivity index (χ2v) is 11.7. The molecule has 11 nitrogen and oxygen atoms in total. The Morgan fingerprint density at radius 2 is 1.62 bits per heavy atom. The zero-order chi connectivity index (χ0) is 33.7. The van der Waals surface area contributed by atoms with E-state index in [9.17, 15) is 27.2 Å². The van der Waals surface area contributed by atoms with Crippen LogP contribution in [0.5, 0.6) is 0 Å². The summed E-state index contributed by atoms with van der Waals surface area (Å²) in [4.78, 5) is 37.4. The number of nitrogens with one attached hydrogen (secondary N) is 4. The van der Waals surface area contributed by atoms with Crippen LogP contribution in [0.25, 0.3) is 0 Å². The number of hydrogen-bond acceptors (Lipinski definition) is 8. The Kier molecular flexibility index (Phi) is 9.75. The molecular formula is C33H34F4N8O3. The van der Waals surface area contributed by atoms with Crippen molar-refractivity contribution in [1.29, 1.82) is 0 Å². The summed E-state index contributed by atoms with van der Waals surface area (Å²) >= 11 is 0. The van der Waals surface area contributed by atoms with Crippen LogP contribution in [0.15, 0.2) is 77.3 Å². The number of urea groups is 1. The van der Waals surface area contributed by atoms with Crippen molar-refractivity contribution in [3.8, 4) is 0 Å². The van der Waals surface area contributed by atoms with Crippen LogP contribution in [0.1, 0.15) is 41.1 Å². The van der Waals surface area contributed by atoms with E-state index in [-0.39, 0.29) is 29.5 Å². The monoisotopic (exact) mass is 666 g/mol. The number of likely N-dealkylation sites (tertiary alicyclic amines) is 1. The van der Waals surface area contributed by atoms with E-state index in [0.29, 0.717) is 38.2 Å². The fourth-order valence-electron chi connectivity index (χ4n) is 5.81. The normalized spacial score (nSPS) is 17.2. The van der Waals surface area contributed by atoms with Gasteiger partial charge in [0.1, 0.15) is 11.6 Å². The first-order chi connectivity index (χ1) is 23.1. The van der Waals surface area contributed by atoms with E-state index in [4.69, 9.17) is 4.42 Å². The van der Waals surface area contributed by atoms with Gasteiger partial charge in [-0.2, -0.15) is 18.2 Å². The molecule has 0 spiro atoms. The highest BCUT2D eigenvalue weighted by Gasteiger charge is 2.41. The number of carbonyl (C=O) groups is 2. The summed E-state index contributed by atoms with van der Waals surface area (Å²) in [5, 5.41) is 10.6. The number of aromatic nitrogens is 2. The summed E-state index contributed by atoms with van der Waals surface area (Å²) in [5.41, 5.74) is 0.00362. The fourth-order valence-corrected chi connectivity index (χ4v) is 5.81. The van der Waals surface area contributed by atoms with E-state index in [0.717, 1.165) is 19.6 Å². The third-order valence-electron chi connectivity index (χ3n) is 8.24. The SMILES string of the molecule is O=C(Nc1ccccc1F)NC1CCN(c2ccc(NC(=O)c3oc(NC4CCN(Cc5ccccc5)CC4)nc3C(F)(F)F)cn2)C1. The first-order valence-corrected chi connectivity index (χ1v) is 15.6. The van der Waals surface area contributed by atoms with Crippen molar-refractivity contribution in [2.24, 2.45) is 0 Å². The van der Waals surface area contributed by atoms with Crippen molar-refractivity contribution in [1.82, 2.24) is 20.2 Å². The summed E-state index contributed by atoms with van der Waals surface area (Å²) in [6.45, 7) is 3.28. The van der Waals surface area contributed by atoms with E-state index >= 15 is 0 Å². The molecule has 3 amide bonds. The molecule has 2 saturated heterocycles. The third kappa shape index (κ3) is 8.20. The number of nitrogens with zero attached hydrogens (tertiary/aromatic N) is 4. The van der Waals surface area contributed by atoms with Gasteiger partial charge in [0.2, 0.25) is 5.76 Å². The molecule has 2 aromatic carbocycles. The fraction of sp³-hybridized carbons (Fsp3) is 0.333. The average molecular weight is 667 g/mol. The van der Waals surface area contributed by atoms with Crippen LogP contribution in [0.4, 0.5) is 45.6 Å². The van der Waals surface area contributed by atoms with Gasteiger partial charge in [-0.3, -0.25) is 9.69 Å². The highest BCUT2D eigenvalue weighted by molar-refractivity contribution is 6.03. The van der Waals surface area contributed by atoms with E-state index in [1.54, 1.807) is 12.1 Å². The molecule has 252 valence electrons. The number of alkyl halides is 3. The maximum atomic E-state index is 13.9. The standard InChI is InChI=1S/C33H34F4N8O3/c34-25-8-4-5-9-26(25)42-31(47)40-24-14-17-45(20-24)27-11-10-23(18-38-27)39-30(46)28-29(33(35,36)37)43-32(48-28)41-22-12-15-44(16-13-22)19-21-6-2-1-3-7-21/h1-11,18,22,24H,12-17,19-20H2,(H,39,46)(H,41,43)(H2,40,42,47). The Morgan fingerprint density at radius 3 is 2.33 bits per heavy atom. The van der Waals surface area contributed by atoms with Crippen LogP contribution < -0.4 is 26.2 Å². The van der Waals surface area contributed by atoms with E-state index in [1.165, 1.54) is 36.0 Å². The number of rotatable bonds is 9. The Labute approximate surface area is 273 Å². The van der Waals surface area contributed by atoms with Crippen LogP contribution in [-0.2, 0) is 12.7 Å². The molecule has 2 aliphatic heterocycles. The number of amides is 3. The topological polar surface area (TPSA) is 128 Å². The first kappa shape index (κ1) is 32.7. The van der Waals surface area contributed by atoms with Crippen molar-refractivity contribution in [2.75, 3.05) is 47.0 Å². The van der Waals surface area contributed by atoms with Gasteiger partial charge in [-0.15, -0.1) is 0 Å². The van der Waals surface area contributed by atoms with E-state index in [1.807, 2.05) is 23.1 Å². The van der Waals surface area contributed by atoms with Crippen molar-refractivity contribution in [3.05, 3.63) is 95.8 Å². The minimum atomic E-state index is -4.91. The van der Waals surface area contributed by atoms with Crippen molar-refractivity contribution >= 4 is 35.1 Å². The maximum Gasteiger partial charge on any atom is 0.437 e. The van der Waals surface area contributed by atoms with Gasteiger partial charge in [-0.25, -0.2) is 14.2 Å². The van der Waals surface area contributed by atoms with Crippen LogP contribution in [0, 0.1) is 5.82 Å². The van der Waals surface area contributed by atoms with Crippen LogP contribution in [0.2, 0.25) is 0 Å². The lowest BCUT2D eigenvalue weighted by Gasteiger charge is -2.32. The first-order valence-electron chi connectivity index (χ1n) is 15.6. The van der Waals surface area contributed by atoms with Gasteiger partial charge >= 0.3 is 12.2 Å². The van der Waals surface area contributed by atoms with Gasteiger partial charge in [-0.1, -0.05) is 42.5 Å². The number of piperidine rings is 1. The third-order valence-corrected chi connectivity index (χ3v) is 8.24. The highest BCUT2D eigenvalue weighted by atomic mass is 19.4. The molecule has 0 aliphatic carbocycles. The van der Waals surface area contributed by atoms with Crippen molar-refractivity contribution in [3.63, 3.8) is 0 Å². The predicted octanol–water partition coefficient (Wildman–Crippen LogP) is 5.96. The number of benzene rings is 2. The molecule has 2 aromatic heterocycles. The number of halogens is 4. The number of pyridine rings is 1. The van der Waals surface area contributed by atoms with E-state index in [2.05, 4.69) is 48.3 Å². The minimum Gasteiger partial charge on any atom is -0.418 e. The molecule has 0 saturated carbocycles. The molecule has 6 rings (SSSR count). The van der Waals surface area contributed by atoms with Gasteiger partial charge < -0.3 is 30.6 Å². The molecule has 0 radical (unpaired) electrons. The largest absolute Gasteiger partial charge is 0.437 e. The number of carbonyl (C=O) groups excluding carboxylic acids is 2. The number of hydrogen-bond donors (Lipinski definition) is 4. The van der Waals surface area contributed by atoms with Crippen LogP contribution in [-0.4, -0.2) is 65.1 Å². The number of para-hydroxylation sites is 1. The summed E-state index contributed by atoms with van der Waals surface area (Å²) < 4.78 is 60.7. The lowest BCUT2D eigenvalue weighted by Crippen LogP contribution is -2.40. The smallest absolute Gasteiger partial charge is 0.418 e. The second-order valence-electron chi connectivity index (χ2n) is 11.7. The van der Waals surface area contributed by atoms with Gasteiger partial charge in [0.25, 0.3) is 11.9 Å². The summed E-state index contributed by atoms with van der Waals surface area (Å²) in [6.07, 6.45) is -1.63. The average Bonchev–Trinajstić information content (AvgIpc) is 3.72. The summed E-state index contributed by atoms with van der Waals surface area (Å²) in [5.74, 6) is -2.05. The Balaban J connectivity index is 1.02. The van der Waals surface area contributed by atoms with Gasteiger partial charge in [0.15, 0.2) is 5.69 Å². The molecule has 0 bridgehead atoms. The van der Waals surface area contributed by atoms with Crippen molar-refractivity contribution < 1.29 is 31.6 Å². The molecule has 2 aliphatic rings. The minimum absolute atomic E-state index is 0.0692. The molecule has 4 heterocycles. The maximum absolute atomic E-state index is 13.9. The quantitative estimate of drug-likeness (QED) is 0.161. The summed E-state index contributed by atoms with van der Waals surface area (Å²) in [6, 6.07) is 17.7. The second kappa shape index (κ2) is 14.3. The predicted molar refractivity (Wildman–Crippen MR) is 171 cm³/mol. The zero-order valence-electron chi connectivity index (χ0n) is 25.8. The van der Waals surface area contributed by atoms with Gasteiger partial charge in [-0.05, 0) is 49.1 Å². The van der Waals surface area contributed by atoms with Gasteiger partial charge in [0, 0.05) is 44.8 Å². The lowest BCUT2D eigenvalue weighted by atomic mass is 10.0. The Bertz CT molecular complexity index is 1710. The summed E-state index contributed by atoms with van der Waals surface area (Å²) in [7, 11) is 0. The van der Waals surface area contributed by atoms with Crippen molar-refractivity contribution in [2.45, 2.75) is 44.1 Å². The molecule has 1 atom stereocenters. The van der Waals surface area contributed by atoms with E-state index < -0.39 is 35.4 Å². The molecule has 48 heavy (non-hydrogen) atoms. The molecule has 1 unspecified atom stereocenters.